The second-order valence-corrected chi connectivity index (χ2v) is 6.09. The van der Waals surface area contributed by atoms with Gasteiger partial charge in [0.05, 0.1) is 11.4 Å². The Kier molecular flexibility index (Phi) is 11.5. The lowest BCUT2D eigenvalue weighted by Gasteiger charge is -2.10. The summed E-state index contributed by atoms with van der Waals surface area (Å²) < 4.78 is 10.8. The third-order valence-electron chi connectivity index (χ3n) is 3.24. The van der Waals surface area contributed by atoms with Crippen LogP contribution in [0.1, 0.15) is 32.4 Å². The van der Waals surface area contributed by atoms with Gasteiger partial charge in [-0.2, -0.15) is 0 Å². The molecule has 25 heavy (non-hydrogen) atoms. The topological polar surface area (TPSA) is 71.7 Å². The molecule has 140 valence electrons. The number of rotatable bonds is 10. The van der Waals surface area contributed by atoms with Gasteiger partial charge in [-0.25, -0.2) is 9.98 Å². The molecule has 0 atom stereocenters. The minimum Gasteiger partial charge on any atom is -0.443 e. The Bertz CT molecular complexity index is 602. The highest BCUT2D eigenvalue weighted by atomic mass is 127. The van der Waals surface area contributed by atoms with Gasteiger partial charge in [0.2, 0.25) is 5.89 Å². The highest BCUT2D eigenvalue weighted by Gasteiger charge is 2.07. The fraction of sp³-hybridized carbons (Fsp3) is 0.529. The summed E-state index contributed by atoms with van der Waals surface area (Å²) >= 11 is 1.61. The van der Waals surface area contributed by atoms with Gasteiger partial charge >= 0.3 is 0 Å². The average molecular weight is 478 g/mol. The van der Waals surface area contributed by atoms with Gasteiger partial charge < -0.3 is 19.8 Å². The molecule has 0 saturated carbocycles. The molecule has 0 spiro atoms. The van der Waals surface area contributed by atoms with E-state index in [1.165, 1.54) is 0 Å². The minimum absolute atomic E-state index is 0. The maximum Gasteiger partial charge on any atom is 0.236 e. The number of aromatic nitrogens is 1. The summed E-state index contributed by atoms with van der Waals surface area (Å²) in [5.74, 6) is 1.46. The fourth-order valence-electron chi connectivity index (χ4n) is 2.08. The number of guanidine groups is 1. The molecule has 2 rings (SSSR count). The van der Waals surface area contributed by atoms with E-state index in [1.54, 1.807) is 17.6 Å². The number of thiophene rings is 1. The lowest BCUT2D eigenvalue weighted by molar-refractivity contribution is 0.143. The van der Waals surface area contributed by atoms with Crippen LogP contribution in [-0.2, 0) is 11.3 Å². The fourth-order valence-corrected chi connectivity index (χ4v) is 2.73. The molecule has 2 N–H and O–H groups in total. The number of halogens is 1. The van der Waals surface area contributed by atoms with Crippen LogP contribution in [0.25, 0.3) is 10.8 Å². The monoisotopic (exact) mass is 478 g/mol. The first-order chi connectivity index (χ1) is 11.8. The minimum atomic E-state index is 0. The zero-order chi connectivity index (χ0) is 17.0. The van der Waals surface area contributed by atoms with Crippen molar-refractivity contribution in [2.45, 2.75) is 33.2 Å². The van der Waals surface area contributed by atoms with E-state index < -0.39 is 0 Å². The Labute approximate surface area is 170 Å². The number of aliphatic imine (C=N–C) groups is 1. The van der Waals surface area contributed by atoms with Crippen LogP contribution >= 0.6 is 35.3 Å². The number of nitrogens with one attached hydrogen (secondary N) is 2. The summed E-state index contributed by atoms with van der Waals surface area (Å²) in [6, 6.07) is 3.98. The van der Waals surface area contributed by atoms with E-state index in [0.29, 0.717) is 12.4 Å². The van der Waals surface area contributed by atoms with Crippen LogP contribution in [-0.4, -0.2) is 37.2 Å². The van der Waals surface area contributed by atoms with Crippen molar-refractivity contribution in [3.05, 3.63) is 29.5 Å². The average Bonchev–Trinajstić information content (AvgIpc) is 3.26. The zero-order valence-corrected chi connectivity index (χ0v) is 17.9. The van der Waals surface area contributed by atoms with Gasteiger partial charge in [-0.05, 0) is 38.1 Å². The lowest BCUT2D eigenvalue weighted by Crippen LogP contribution is -2.37. The first-order valence-corrected chi connectivity index (χ1v) is 9.29. The van der Waals surface area contributed by atoms with Crippen molar-refractivity contribution in [2.24, 2.45) is 4.99 Å². The quantitative estimate of drug-likeness (QED) is 0.235. The maximum absolute atomic E-state index is 5.51. The second-order valence-electron chi connectivity index (χ2n) is 5.15. The molecule has 0 amide bonds. The third-order valence-corrected chi connectivity index (χ3v) is 4.10. The second kappa shape index (κ2) is 13.1. The van der Waals surface area contributed by atoms with Crippen LogP contribution in [0.3, 0.4) is 0 Å². The predicted octanol–water partition coefficient (Wildman–Crippen LogP) is 3.89. The molecule has 0 aromatic carbocycles. The summed E-state index contributed by atoms with van der Waals surface area (Å²) in [4.78, 5) is 10.1. The molecular weight excluding hydrogens is 451 g/mol. The van der Waals surface area contributed by atoms with E-state index in [2.05, 4.69) is 27.5 Å². The molecule has 0 saturated heterocycles. The molecule has 8 heteroatoms. The van der Waals surface area contributed by atoms with Crippen LogP contribution < -0.4 is 10.6 Å². The standard InChI is InChI=1S/C17H26N4O2S.HI/c1-3-18-17(19-9-5-6-10-22-4-2)20-12-14-13-23-16(21-14)15-8-7-11-24-15;/h7-8,11,13H,3-6,9-10,12H2,1-2H3,(H2,18,19,20);1H. The van der Waals surface area contributed by atoms with Crippen molar-refractivity contribution < 1.29 is 9.15 Å². The highest BCUT2D eigenvalue weighted by Crippen LogP contribution is 2.23. The lowest BCUT2D eigenvalue weighted by atomic mass is 10.3. The van der Waals surface area contributed by atoms with E-state index in [1.807, 2.05) is 24.4 Å². The molecule has 2 aromatic rings. The molecule has 2 heterocycles. The molecule has 0 aliphatic carbocycles. The molecule has 0 radical (unpaired) electrons. The third kappa shape index (κ3) is 8.19. The Balaban J connectivity index is 0.00000312. The molecule has 2 aromatic heterocycles. The van der Waals surface area contributed by atoms with Crippen molar-refractivity contribution in [1.82, 2.24) is 15.6 Å². The smallest absolute Gasteiger partial charge is 0.236 e. The Morgan fingerprint density at radius 1 is 1.32 bits per heavy atom. The molecule has 0 bridgehead atoms. The Hall–Kier alpha value is -1.13. The zero-order valence-electron chi connectivity index (χ0n) is 14.8. The summed E-state index contributed by atoms with van der Waals surface area (Å²) in [5, 5.41) is 8.58. The number of ether oxygens (including phenoxy) is 1. The van der Waals surface area contributed by atoms with Gasteiger partial charge in [0.1, 0.15) is 12.0 Å². The van der Waals surface area contributed by atoms with Gasteiger partial charge in [-0.15, -0.1) is 35.3 Å². The van der Waals surface area contributed by atoms with Crippen molar-refractivity contribution in [2.75, 3.05) is 26.3 Å². The molecule has 0 fully saturated rings. The number of nitrogens with zero attached hydrogens (tertiary/aromatic N) is 2. The normalized spacial score (nSPS) is 11.2. The number of hydrogen-bond acceptors (Lipinski definition) is 5. The van der Waals surface area contributed by atoms with Crippen LogP contribution in [0.2, 0.25) is 0 Å². The number of unbranched alkanes of at least 4 members (excludes halogenated alkanes) is 1. The number of hydrogen-bond donors (Lipinski definition) is 2. The summed E-state index contributed by atoms with van der Waals surface area (Å²) in [7, 11) is 0. The van der Waals surface area contributed by atoms with E-state index >= 15 is 0 Å². The Morgan fingerprint density at radius 2 is 2.20 bits per heavy atom. The molecule has 0 aliphatic heterocycles. The van der Waals surface area contributed by atoms with Crippen LogP contribution in [0.15, 0.2) is 33.2 Å². The van der Waals surface area contributed by atoms with E-state index in [0.717, 1.165) is 55.7 Å². The molecule has 0 unspecified atom stereocenters. The van der Waals surface area contributed by atoms with E-state index in [4.69, 9.17) is 9.15 Å². The van der Waals surface area contributed by atoms with Crippen molar-refractivity contribution in [3.8, 4) is 10.8 Å². The van der Waals surface area contributed by atoms with Crippen molar-refractivity contribution >= 4 is 41.3 Å². The van der Waals surface area contributed by atoms with Crippen molar-refractivity contribution in [1.29, 1.82) is 0 Å². The van der Waals surface area contributed by atoms with Gasteiger partial charge in [-0.3, -0.25) is 0 Å². The summed E-state index contributed by atoms with van der Waals surface area (Å²) in [6.45, 7) is 7.85. The van der Waals surface area contributed by atoms with Gasteiger partial charge in [0.25, 0.3) is 0 Å². The Morgan fingerprint density at radius 3 is 2.92 bits per heavy atom. The SMILES string of the molecule is CCNC(=NCc1coc(-c2cccs2)n1)NCCCCOCC.I. The highest BCUT2D eigenvalue weighted by molar-refractivity contribution is 14.0. The van der Waals surface area contributed by atoms with Crippen LogP contribution in [0.4, 0.5) is 0 Å². The summed E-state index contributed by atoms with van der Waals surface area (Å²) in [5.41, 5.74) is 0.826. The van der Waals surface area contributed by atoms with Crippen molar-refractivity contribution in [3.63, 3.8) is 0 Å². The summed E-state index contributed by atoms with van der Waals surface area (Å²) in [6.07, 6.45) is 3.77. The van der Waals surface area contributed by atoms with Gasteiger partial charge in [-0.1, -0.05) is 6.07 Å². The van der Waals surface area contributed by atoms with Crippen LogP contribution in [0.5, 0.6) is 0 Å². The van der Waals surface area contributed by atoms with E-state index in [-0.39, 0.29) is 24.0 Å². The first kappa shape index (κ1) is 21.9. The maximum atomic E-state index is 5.51. The van der Waals surface area contributed by atoms with Gasteiger partial charge in [0.15, 0.2) is 5.96 Å². The molecule has 0 aliphatic rings. The largest absolute Gasteiger partial charge is 0.443 e. The predicted molar refractivity (Wildman–Crippen MR) is 114 cm³/mol. The van der Waals surface area contributed by atoms with Gasteiger partial charge in [0, 0.05) is 26.3 Å². The van der Waals surface area contributed by atoms with E-state index in [9.17, 15) is 0 Å². The molecular formula is C17H27IN4O2S. The number of oxazole rings is 1. The first-order valence-electron chi connectivity index (χ1n) is 8.41. The van der Waals surface area contributed by atoms with Crippen LogP contribution in [0, 0.1) is 0 Å². The molecule has 6 nitrogen and oxygen atoms in total.